The van der Waals surface area contributed by atoms with E-state index in [0.29, 0.717) is 12.2 Å². The van der Waals surface area contributed by atoms with Crippen LogP contribution in [-0.4, -0.2) is 29.5 Å². The molecule has 0 spiro atoms. The first-order chi connectivity index (χ1) is 12.1. The van der Waals surface area contributed by atoms with Crippen molar-refractivity contribution in [1.29, 1.82) is 0 Å². The van der Waals surface area contributed by atoms with E-state index in [1.54, 1.807) is 0 Å². The zero-order valence-corrected chi connectivity index (χ0v) is 14.9. The van der Waals surface area contributed by atoms with Crippen molar-refractivity contribution in [3.8, 4) is 0 Å². The quantitative estimate of drug-likeness (QED) is 0.685. The fraction of sp³-hybridized carbons (Fsp3) is 0.316. The second kappa shape index (κ2) is 6.54. The summed E-state index contributed by atoms with van der Waals surface area (Å²) in [5, 5.41) is 0. The first-order valence-corrected chi connectivity index (χ1v) is 9.09. The van der Waals surface area contributed by atoms with E-state index in [1.807, 2.05) is 67.3 Å². The molecule has 2 aromatic carbocycles. The second-order valence-corrected chi connectivity index (χ2v) is 6.96. The third-order valence-electron chi connectivity index (χ3n) is 4.73. The molecule has 0 aliphatic carbocycles. The van der Waals surface area contributed by atoms with E-state index in [2.05, 4.69) is 8.73 Å². The van der Waals surface area contributed by atoms with Gasteiger partial charge in [-0.25, -0.2) is 0 Å². The van der Waals surface area contributed by atoms with Gasteiger partial charge in [-0.2, -0.15) is 8.73 Å². The predicted octanol–water partition coefficient (Wildman–Crippen LogP) is 4.40. The van der Waals surface area contributed by atoms with Gasteiger partial charge in [0.15, 0.2) is 0 Å². The fourth-order valence-corrected chi connectivity index (χ4v) is 3.99. The van der Waals surface area contributed by atoms with Crippen LogP contribution >= 0.6 is 0 Å². The zero-order chi connectivity index (χ0) is 17.4. The van der Waals surface area contributed by atoms with Crippen molar-refractivity contribution in [2.75, 3.05) is 6.61 Å². The summed E-state index contributed by atoms with van der Waals surface area (Å²) in [6.45, 7) is 4.60. The number of amides is 1. The Bertz CT molecular complexity index is 877. The first kappa shape index (κ1) is 16.2. The molecule has 2 aliphatic rings. The molecule has 3 atom stereocenters. The molecule has 1 fully saturated rings. The highest BCUT2D eigenvalue weighted by atomic mass is 32.1. The van der Waals surface area contributed by atoms with Gasteiger partial charge in [0.1, 0.15) is 17.5 Å². The van der Waals surface area contributed by atoms with Gasteiger partial charge in [-0.05, 0) is 37.6 Å². The third kappa shape index (κ3) is 2.92. The van der Waals surface area contributed by atoms with Crippen LogP contribution in [0.2, 0.25) is 0 Å². The predicted molar refractivity (Wildman–Crippen MR) is 98.2 cm³/mol. The number of fused-ring (bicyclic) bond motifs is 1. The molecule has 1 amide bonds. The molecule has 0 bridgehead atoms. The third-order valence-corrected chi connectivity index (χ3v) is 5.29. The average Bonchev–Trinajstić information content (AvgIpc) is 3.10. The number of morpholine rings is 1. The number of hydrogen-bond donors (Lipinski definition) is 0. The van der Waals surface area contributed by atoms with Crippen LogP contribution in [0.1, 0.15) is 35.9 Å². The van der Waals surface area contributed by atoms with Crippen LogP contribution in [0.3, 0.4) is 0 Å². The van der Waals surface area contributed by atoms with Crippen LogP contribution in [0, 0.1) is 0 Å². The van der Waals surface area contributed by atoms with Crippen molar-refractivity contribution in [1.82, 2.24) is 4.90 Å². The summed E-state index contributed by atoms with van der Waals surface area (Å²) in [5.41, 5.74) is 3.34. The number of carbonyl (C=O) groups is 1. The number of nitrogens with zero attached hydrogens (tertiary/aromatic N) is 3. The molecule has 4 rings (SSSR count). The van der Waals surface area contributed by atoms with Gasteiger partial charge in [0.25, 0.3) is 5.91 Å². The highest BCUT2D eigenvalue weighted by molar-refractivity contribution is 7.58. The molecule has 0 radical (unpaired) electrons. The molecule has 0 N–H and O–H groups in total. The average molecular weight is 353 g/mol. The van der Waals surface area contributed by atoms with Crippen LogP contribution in [0.25, 0.3) is 0 Å². The highest BCUT2D eigenvalue weighted by Gasteiger charge is 2.37. The maximum Gasteiger partial charge on any atom is 0.254 e. The Hall–Kier alpha value is -2.31. The van der Waals surface area contributed by atoms with Gasteiger partial charge >= 0.3 is 0 Å². The Balaban J connectivity index is 1.63. The summed E-state index contributed by atoms with van der Waals surface area (Å²) >= 11 is 1.16. The van der Waals surface area contributed by atoms with Crippen LogP contribution in [0.15, 0.2) is 57.3 Å². The van der Waals surface area contributed by atoms with E-state index in [-0.39, 0.29) is 24.1 Å². The van der Waals surface area contributed by atoms with E-state index < -0.39 is 0 Å². The molecule has 25 heavy (non-hydrogen) atoms. The molecule has 128 valence electrons. The van der Waals surface area contributed by atoms with E-state index in [1.165, 1.54) is 0 Å². The smallest absolute Gasteiger partial charge is 0.254 e. The van der Waals surface area contributed by atoms with Crippen molar-refractivity contribution in [3.63, 3.8) is 0 Å². The molecule has 2 aliphatic heterocycles. The Kier molecular flexibility index (Phi) is 4.23. The molecular weight excluding hydrogens is 334 g/mol. The van der Waals surface area contributed by atoms with Crippen molar-refractivity contribution < 1.29 is 9.53 Å². The Morgan fingerprint density at radius 3 is 2.68 bits per heavy atom. The van der Waals surface area contributed by atoms with Crippen molar-refractivity contribution in [3.05, 3.63) is 59.7 Å². The molecule has 2 heterocycles. The summed E-state index contributed by atoms with van der Waals surface area (Å²) in [4.78, 5) is 15.1. The maximum absolute atomic E-state index is 13.2. The zero-order valence-electron chi connectivity index (χ0n) is 14.1. The van der Waals surface area contributed by atoms with Crippen molar-refractivity contribution in [2.24, 2.45) is 8.73 Å². The second-order valence-electron chi connectivity index (χ2n) is 6.43. The van der Waals surface area contributed by atoms with Gasteiger partial charge in [-0.15, -0.1) is 0 Å². The van der Waals surface area contributed by atoms with Crippen LogP contribution in [-0.2, 0) is 16.1 Å². The Morgan fingerprint density at radius 2 is 1.88 bits per heavy atom. The summed E-state index contributed by atoms with van der Waals surface area (Å²) < 4.78 is 14.5. The van der Waals surface area contributed by atoms with Crippen molar-refractivity contribution in [2.45, 2.75) is 32.0 Å². The molecule has 2 aromatic rings. The standard InChI is InChI=1S/C19H19N3O2S/c1-12-11-24-18(14-6-4-3-5-7-14)13(2)22(12)19(23)15-8-9-16-17(10-15)21-25-20-16/h3-10,12-13,18H,11H2,1-2H3/t12-,13-,18-/m1/s1. The van der Waals surface area contributed by atoms with Crippen LogP contribution in [0.5, 0.6) is 0 Å². The number of ether oxygens (including phenoxy) is 1. The minimum Gasteiger partial charge on any atom is -0.369 e. The topological polar surface area (TPSA) is 54.3 Å². The molecule has 1 saturated heterocycles. The van der Waals surface area contributed by atoms with Crippen LogP contribution < -0.4 is 0 Å². The SMILES string of the molecule is C[C@@H]1CO[C@@H](c2ccccc2)[C@@H](C)N1C(=O)c1ccc2c(c1)N=S=N2. The molecule has 5 nitrogen and oxygen atoms in total. The molecule has 0 unspecified atom stereocenters. The van der Waals surface area contributed by atoms with Gasteiger partial charge in [0, 0.05) is 5.56 Å². The lowest BCUT2D eigenvalue weighted by Crippen LogP contribution is -2.53. The molecule has 0 saturated carbocycles. The Morgan fingerprint density at radius 1 is 1.12 bits per heavy atom. The van der Waals surface area contributed by atoms with Gasteiger partial charge in [-0.1, -0.05) is 30.3 Å². The summed E-state index contributed by atoms with van der Waals surface area (Å²) in [7, 11) is 0. The van der Waals surface area contributed by atoms with Gasteiger partial charge in [-0.3, -0.25) is 4.79 Å². The first-order valence-electron chi connectivity index (χ1n) is 8.36. The fourth-order valence-electron chi connectivity index (χ4n) is 3.48. The van der Waals surface area contributed by atoms with E-state index in [4.69, 9.17) is 4.74 Å². The summed E-state index contributed by atoms with van der Waals surface area (Å²) in [5.74, 6) is 0.0131. The minimum absolute atomic E-state index is 0.0131. The number of carbonyl (C=O) groups excluding carboxylic acids is 1. The van der Waals surface area contributed by atoms with Gasteiger partial charge in [0.05, 0.1) is 30.0 Å². The summed E-state index contributed by atoms with van der Waals surface area (Å²) in [6, 6.07) is 15.6. The van der Waals surface area contributed by atoms with E-state index in [0.717, 1.165) is 28.3 Å². The Labute approximate surface area is 150 Å². The monoisotopic (exact) mass is 353 g/mol. The van der Waals surface area contributed by atoms with E-state index >= 15 is 0 Å². The lowest BCUT2D eigenvalue weighted by Gasteiger charge is -2.44. The van der Waals surface area contributed by atoms with E-state index in [9.17, 15) is 4.79 Å². The molecule has 0 aromatic heterocycles. The lowest BCUT2D eigenvalue weighted by atomic mass is 9.97. The maximum atomic E-state index is 13.2. The lowest BCUT2D eigenvalue weighted by molar-refractivity contribution is -0.0806. The van der Waals surface area contributed by atoms with Gasteiger partial charge in [0.2, 0.25) is 0 Å². The number of benzene rings is 2. The minimum atomic E-state index is -0.119. The normalized spacial score (nSPS) is 24.7. The number of hydrogen-bond acceptors (Lipinski definition) is 4. The molecular formula is C19H19N3O2S. The largest absolute Gasteiger partial charge is 0.369 e. The van der Waals surface area contributed by atoms with Crippen LogP contribution in [0.4, 0.5) is 11.4 Å². The number of rotatable bonds is 2. The molecule has 6 heteroatoms. The van der Waals surface area contributed by atoms with Crippen molar-refractivity contribution >= 4 is 28.6 Å². The van der Waals surface area contributed by atoms with Gasteiger partial charge < -0.3 is 9.64 Å². The summed E-state index contributed by atoms with van der Waals surface area (Å²) in [6.07, 6.45) is -0.119. The highest BCUT2D eigenvalue weighted by Crippen LogP contribution is 2.35.